The molecule has 0 atom stereocenters. The van der Waals surface area contributed by atoms with Gasteiger partial charge >= 0.3 is 5.97 Å². The van der Waals surface area contributed by atoms with Gasteiger partial charge in [-0.05, 0) is 0 Å². The second kappa shape index (κ2) is 9.31. The summed E-state index contributed by atoms with van der Waals surface area (Å²) >= 11 is 0. The van der Waals surface area contributed by atoms with Crippen molar-refractivity contribution in [3.05, 3.63) is 0 Å². The Kier molecular flexibility index (Phi) is 21.0. The number of carboxylic acids is 1. The Labute approximate surface area is 51.2 Å². The van der Waals surface area contributed by atoms with E-state index in [-0.39, 0.29) is 27.6 Å². The number of carboxylic acid groups (broad SMARTS) is 1. The first-order valence-corrected chi connectivity index (χ1v) is 1.49. The Bertz CT molecular complexity index is 48.2. The molecule has 0 saturated heterocycles. The molecule has 0 fully saturated rings. The van der Waals surface area contributed by atoms with E-state index in [1.54, 1.807) is 6.92 Å². The molecule has 0 aliphatic carbocycles. The molecule has 47 valence electrons. The van der Waals surface area contributed by atoms with Crippen molar-refractivity contribution in [2.75, 3.05) is 0 Å². The second-order valence-corrected chi connectivity index (χ2v) is 0.747. The number of rotatable bonds is 1. The molecule has 0 spiro atoms. The van der Waals surface area contributed by atoms with Gasteiger partial charge in [-0.15, -0.1) is 0 Å². The summed E-state index contributed by atoms with van der Waals surface area (Å²) in [7, 11) is 0. The molecular formula is C3H6FNiO2. The average molecular weight is 152 g/mol. The van der Waals surface area contributed by atoms with Crippen molar-refractivity contribution in [1.29, 1.82) is 0 Å². The topological polar surface area (TPSA) is 37.3 Å². The summed E-state index contributed by atoms with van der Waals surface area (Å²) < 4.78 is 0. The summed E-state index contributed by atoms with van der Waals surface area (Å²) in [4.78, 5) is 9.37. The molecule has 2 nitrogen and oxygen atoms in total. The summed E-state index contributed by atoms with van der Waals surface area (Å²) in [5, 5.41) is 7.72. The van der Waals surface area contributed by atoms with Crippen molar-refractivity contribution in [2.45, 2.75) is 13.3 Å². The second-order valence-electron chi connectivity index (χ2n) is 0.747. The Morgan fingerprint density at radius 2 is 1.86 bits per heavy atom. The van der Waals surface area contributed by atoms with Crippen LogP contribution in [0.4, 0.5) is 4.70 Å². The van der Waals surface area contributed by atoms with Crippen molar-refractivity contribution in [2.24, 2.45) is 0 Å². The standard InChI is InChI=1S/C3H6O2.F.Ni/c1-2-3(4)5;;/h2H2,1H3,(H,4,5);;. The zero-order valence-corrected chi connectivity index (χ0v) is 4.74. The molecule has 0 saturated carbocycles. The van der Waals surface area contributed by atoms with E-state index in [0.29, 0.717) is 0 Å². The van der Waals surface area contributed by atoms with Gasteiger partial charge in [0.25, 0.3) is 0 Å². The van der Waals surface area contributed by atoms with Crippen molar-refractivity contribution in [3.8, 4) is 0 Å². The molecule has 0 aromatic rings. The normalized spacial score (nSPS) is 5.29. The van der Waals surface area contributed by atoms with Crippen LogP contribution in [-0.4, -0.2) is 11.1 Å². The van der Waals surface area contributed by atoms with Crippen LogP contribution in [0.5, 0.6) is 0 Å². The van der Waals surface area contributed by atoms with Crippen LogP contribution in [0.15, 0.2) is 0 Å². The van der Waals surface area contributed by atoms with Crippen LogP contribution in [0.25, 0.3) is 0 Å². The predicted octanol–water partition coefficient (Wildman–Crippen LogP) is 0.899. The van der Waals surface area contributed by atoms with Gasteiger partial charge in [-0.2, -0.15) is 0 Å². The monoisotopic (exact) mass is 151 g/mol. The van der Waals surface area contributed by atoms with E-state index in [0.717, 1.165) is 0 Å². The van der Waals surface area contributed by atoms with Crippen LogP contribution in [0.1, 0.15) is 13.3 Å². The average Bonchev–Trinajstić information content (AvgIpc) is 1.38. The third-order valence-corrected chi connectivity index (χ3v) is 0.302. The van der Waals surface area contributed by atoms with Crippen LogP contribution in [-0.2, 0) is 21.3 Å². The first-order valence-electron chi connectivity index (χ1n) is 1.49. The van der Waals surface area contributed by atoms with E-state index in [2.05, 4.69) is 0 Å². The molecule has 0 unspecified atom stereocenters. The first kappa shape index (κ1) is 15.8. The van der Waals surface area contributed by atoms with E-state index in [9.17, 15) is 4.79 Å². The van der Waals surface area contributed by atoms with E-state index in [4.69, 9.17) is 5.11 Å². The van der Waals surface area contributed by atoms with Gasteiger partial charge in [-0.1, -0.05) is 6.92 Å². The van der Waals surface area contributed by atoms with E-state index in [1.807, 2.05) is 0 Å². The third kappa shape index (κ3) is 24.9. The number of hydrogen-bond donors (Lipinski definition) is 1. The molecule has 4 heteroatoms. The molecule has 0 bridgehead atoms. The first-order chi connectivity index (χ1) is 2.27. The van der Waals surface area contributed by atoms with Gasteiger partial charge in [-0.3, -0.25) is 4.79 Å². The van der Waals surface area contributed by atoms with Gasteiger partial charge < -0.3 is 5.11 Å². The van der Waals surface area contributed by atoms with Gasteiger partial charge in [0.1, 0.15) is 0 Å². The van der Waals surface area contributed by atoms with E-state index >= 15 is 0 Å². The van der Waals surface area contributed by atoms with Gasteiger partial charge in [0.15, 0.2) is 0 Å². The quantitative estimate of drug-likeness (QED) is 0.566. The van der Waals surface area contributed by atoms with E-state index in [1.165, 1.54) is 0 Å². The molecule has 0 amide bonds. The van der Waals surface area contributed by atoms with Crippen LogP contribution < -0.4 is 0 Å². The van der Waals surface area contributed by atoms with Gasteiger partial charge in [0, 0.05) is 27.6 Å². The fourth-order valence-corrected chi connectivity index (χ4v) is 0. The molecule has 1 radical (unpaired) electrons. The molecule has 0 aromatic heterocycles. The molecule has 0 aromatic carbocycles. The van der Waals surface area contributed by atoms with Crippen LogP contribution in [0, 0.1) is 0 Å². The van der Waals surface area contributed by atoms with E-state index < -0.39 is 5.97 Å². The van der Waals surface area contributed by atoms with Crippen molar-refractivity contribution < 1.29 is 31.1 Å². The SMILES string of the molecule is CCC(=O)O.[F].[Ni]. The number of halogens is 1. The third-order valence-electron chi connectivity index (χ3n) is 0.302. The molecule has 0 heterocycles. The van der Waals surface area contributed by atoms with Crippen molar-refractivity contribution in [3.63, 3.8) is 0 Å². The van der Waals surface area contributed by atoms with Gasteiger partial charge in [-0.25, -0.2) is 0 Å². The Morgan fingerprint density at radius 1 is 1.71 bits per heavy atom. The smallest absolute Gasteiger partial charge is 0.303 e. The maximum Gasteiger partial charge on any atom is 0.303 e. The number of hydrogen-bond acceptors (Lipinski definition) is 1. The molecule has 1 N–H and O–H groups in total. The van der Waals surface area contributed by atoms with Gasteiger partial charge in [0.05, 0.1) is 0 Å². The zero-order valence-electron chi connectivity index (χ0n) is 3.76. The summed E-state index contributed by atoms with van der Waals surface area (Å²) in [5.74, 6) is -0.745. The minimum atomic E-state index is -0.745. The molecule has 7 heavy (non-hydrogen) atoms. The summed E-state index contributed by atoms with van der Waals surface area (Å²) in [6.07, 6.45) is 0.222. The van der Waals surface area contributed by atoms with Crippen LogP contribution in [0.2, 0.25) is 0 Å². The summed E-state index contributed by atoms with van der Waals surface area (Å²) in [6, 6.07) is 0. The van der Waals surface area contributed by atoms with Crippen LogP contribution >= 0.6 is 0 Å². The van der Waals surface area contributed by atoms with Crippen molar-refractivity contribution >= 4 is 5.97 Å². The Morgan fingerprint density at radius 3 is 1.86 bits per heavy atom. The maximum absolute atomic E-state index is 9.37. The minimum Gasteiger partial charge on any atom is -0.481 e. The zero-order chi connectivity index (χ0) is 4.28. The fraction of sp³-hybridized carbons (Fsp3) is 0.667. The largest absolute Gasteiger partial charge is 0.481 e. The molecule has 0 rings (SSSR count). The molecule has 0 aliphatic heterocycles. The fourth-order valence-electron chi connectivity index (χ4n) is 0. The van der Waals surface area contributed by atoms with Crippen LogP contribution in [0.3, 0.4) is 0 Å². The van der Waals surface area contributed by atoms with Crippen molar-refractivity contribution in [1.82, 2.24) is 0 Å². The van der Waals surface area contributed by atoms with Gasteiger partial charge in [0.2, 0.25) is 0 Å². The molecular weight excluding hydrogens is 146 g/mol. The number of aliphatic carboxylic acids is 1. The Hall–Kier alpha value is -0.106. The summed E-state index contributed by atoms with van der Waals surface area (Å²) in [6.45, 7) is 1.60. The predicted molar refractivity (Wildman–Crippen MR) is 19.0 cm³/mol. The maximum atomic E-state index is 9.37. The Balaban J connectivity index is -0.0000000800. The minimum absolute atomic E-state index is 0. The molecule has 0 aliphatic rings. The number of carbonyl (C=O) groups is 1. The summed E-state index contributed by atoms with van der Waals surface area (Å²) in [5.41, 5.74) is 0.